The smallest absolute Gasteiger partial charge is 0.246 e. The maximum absolute atomic E-state index is 12.5. The molecule has 1 aliphatic heterocycles. The third-order valence-corrected chi connectivity index (χ3v) is 5.38. The molecule has 0 bridgehead atoms. The van der Waals surface area contributed by atoms with E-state index < -0.39 is 0 Å². The number of halogens is 1. The summed E-state index contributed by atoms with van der Waals surface area (Å²) >= 11 is 3.46. The first-order chi connectivity index (χ1) is 12.5. The van der Waals surface area contributed by atoms with E-state index in [-0.39, 0.29) is 17.6 Å². The number of ketones is 1. The molecule has 0 spiro atoms. The van der Waals surface area contributed by atoms with E-state index in [9.17, 15) is 9.59 Å². The van der Waals surface area contributed by atoms with E-state index in [0.29, 0.717) is 13.1 Å². The first kappa shape index (κ1) is 18.6. The molecular formula is C22H22BrNO2. The first-order valence-electron chi connectivity index (χ1n) is 8.87. The molecule has 1 fully saturated rings. The molecule has 0 unspecified atom stereocenters. The standard InChI is InChI=1S/C22H22BrNO2/c1-16-7-9-20(23)15-19(16)8-10-21(25)24-13-11-18(12-14-24)22(26)17-5-3-2-4-6-17/h2-10,15,18H,11-14H2,1H3/b10-8+. The highest BCUT2D eigenvalue weighted by Crippen LogP contribution is 2.22. The number of hydrogen-bond acceptors (Lipinski definition) is 2. The molecule has 0 atom stereocenters. The summed E-state index contributed by atoms with van der Waals surface area (Å²) < 4.78 is 0.996. The van der Waals surface area contributed by atoms with E-state index >= 15 is 0 Å². The predicted octanol–water partition coefficient (Wildman–Crippen LogP) is 4.89. The number of hydrogen-bond donors (Lipinski definition) is 0. The molecule has 1 amide bonds. The molecule has 26 heavy (non-hydrogen) atoms. The van der Waals surface area contributed by atoms with Gasteiger partial charge in [-0.2, -0.15) is 0 Å². The van der Waals surface area contributed by atoms with Gasteiger partial charge >= 0.3 is 0 Å². The third kappa shape index (κ3) is 4.50. The number of likely N-dealkylation sites (tertiary alicyclic amines) is 1. The molecule has 1 heterocycles. The predicted molar refractivity (Wildman–Crippen MR) is 108 cm³/mol. The van der Waals surface area contributed by atoms with Crippen LogP contribution >= 0.6 is 15.9 Å². The Balaban J connectivity index is 1.57. The van der Waals surface area contributed by atoms with Gasteiger partial charge in [0.15, 0.2) is 5.78 Å². The molecule has 0 saturated carbocycles. The molecule has 0 radical (unpaired) electrons. The number of nitrogens with zero attached hydrogens (tertiary/aromatic N) is 1. The van der Waals surface area contributed by atoms with Crippen LogP contribution in [-0.2, 0) is 4.79 Å². The van der Waals surface area contributed by atoms with Crippen LogP contribution in [0.4, 0.5) is 0 Å². The molecule has 4 heteroatoms. The second kappa shape index (κ2) is 8.45. The molecule has 1 saturated heterocycles. The van der Waals surface area contributed by atoms with Crippen LogP contribution in [-0.4, -0.2) is 29.7 Å². The van der Waals surface area contributed by atoms with Gasteiger partial charge in [-0.25, -0.2) is 0 Å². The number of aryl methyl sites for hydroxylation is 1. The van der Waals surface area contributed by atoms with E-state index in [2.05, 4.69) is 15.9 Å². The molecule has 0 aromatic heterocycles. The van der Waals surface area contributed by atoms with Crippen molar-refractivity contribution < 1.29 is 9.59 Å². The summed E-state index contributed by atoms with van der Waals surface area (Å²) in [5.74, 6) is 0.214. The van der Waals surface area contributed by atoms with Crippen molar-refractivity contribution in [3.8, 4) is 0 Å². The summed E-state index contributed by atoms with van der Waals surface area (Å²) in [6, 6.07) is 15.4. The van der Waals surface area contributed by atoms with Crippen molar-refractivity contribution in [1.29, 1.82) is 0 Å². The van der Waals surface area contributed by atoms with E-state index in [1.165, 1.54) is 0 Å². The van der Waals surface area contributed by atoms with Crippen LogP contribution in [0.1, 0.15) is 34.3 Å². The van der Waals surface area contributed by atoms with Gasteiger partial charge in [0, 0.05) is 35.1 Å². The Morgan fingerprint density at radius 3 is 2.46 bits per heavy atom. The zero-order valence-corrected chi connectivity index (χ0v) is 16.4. The van der Waals surface area contributed by atoms with Gasteiger partial charge in [-0.05, 0) is 49.1 Å². The van der Waals surface area contributed by atoms with Gasteiger partial charge < -0.3 is 4.90 Å². The third-order valence-electron chi connectivity index (χ3n) is 4.88. The zero-order valence-electron chi connectivity index (χ0n) is 14.8. The Morgan fingerprint density at radius 1 is 1.08 bits per heavy atom. The minimum Gasteiger partial charge on any atom is -0.339 e. The average Bonchev–Trinajstić information content (AvgIpc) is 2.68. The summed E-state index contributed by atoms with van der Waals surface area (Å²) in [6.07, 6.45) is 4.95. The van der Waals surface area contributed by atoms with Crippen molar-refractivity contribution in [2.45, 2.75) is 19.8 Å². The van der Waals surface area contributed by atoms with E-state index in [0.717, 1.165) is 34.0 Å². The highest BCUT2D eigenvalue weighted by molar-refractivity contribution is 9.10. The van der Waals surface area contributed by atoms with Gasteiger partial charge in [0.1, 0.15) is 0 Å². The van der Waals surface area contributed by atoms with Gasteiger partial charge in [-0.1, -0.05) is 52.3 Å². The van der Waals surface area contributed by atoms with Crippen molar-refractivity contribution in [2.75, 3.05) is 13.1 Å². The molecule has 3 nitrogen and oxygen atoms in total. The summed E-state index contributed by atoms with van der Waals surface area (Å²) in [5.41, 5.74) is 2.92. The van der Waals surface area contributed by atoms with Crippen LogP contribution in [0.25, 0.3) is 6.08 Å². The van der Waals surface area contributed by atoms with Crippen LogP contribution in [0.5, 0.6) is 0 Å². The fraction of sp³-hybridized carbons (Fsp3) is 0.273. The van der Waals surface area contributed by atoms with Crippen LogP contribution in [0.3, 0.4) is 0 Å². The lowest BCUT2D eigenvalue weighted by atomic mass is 9.89. The number of Topliss-reactive ketones (excluding diaryl/α,β-unsaturated/α-hetero) is 1. The Labute approximate surface area is 162 Å². The SMILES string of the molecule is Cc1ccc(Br)cc1/C=C/C(=O)N1CCC(C(=O)c2ccccc2)CC1. The molecule has 0 aliphatic carbocycles. The molecule has 2 aromatic rings. The van der Waals surface area contributed by atoms with Crippen molar-refractivity contribution in [1.82, 2.24) is 4.90 Å². The Morgan fingerprint density at radius 2 is 1.77 bits per heavy atom. The van der Waals surface area contributed by atoms with Crippen LogP contribution in [0.2, 0.25) is 0 Å². The zero-order chi connectivity index (χ0) is 18.5. The fourth-order valence-corrected chi connectivity index (χ4v) is 3.64. The Hall–Kier alpha value is -2.20. The summed E-state index contributed by atoms with van der Waals surface area (Å²) in [6.45, 7) is 3.28. The van der Waals surface area contributed by atoms with Crippen LogP contribution in [0, 0.1) is 12.8 Å². The van der Waals surface area contributed by atoms with Crippen LogP contribution in [0.15, 0.2) is 59.1 Å². The van der Waals surface area contributed by atoms with Crippen molar-refractivity contribution in [3.05, 3.63) is 75.8 Å². The molecule has 3 rings (SSSR count). The molecular weight excluding hydrogens is 390 g/mol. The van der Waals surface area contributed by atoms with E-state index in [1.807, 2.05) is 66.4 Å². The number of carbonyl (C=O) groups is 2. The molecule has 2 aromatic carbocycles. The van der Waals surface area contributed by atoms with Crippen molar-refractivity contribution >= 4 is 33.7 Å². The monoisotopic (exact) mass is 411 g/mol. The number of carbonyl (C=O) groups excluding carboxylic acids is 2. The minimum atomic E-state index is 0.00925. The second-order valence-corrected chi connectivity index (χ2v) is 7.58. The highest BCUT2D eigenvalue weighted by Gasteiger charge is 2.27. The molecule has 1 aliphatic rings. The van der Waals surface area contributed by atoms with Gasteiger partial charge in [-0.15, -0.1) is 0 Å². The second-order valence-electron chi connectivity index (χ2n) is 6.66. The van der Waals surface area contributed by atoms with Gasteiger partial charge in [0.25, 0.3) is 0 Å². The number of piperidine rings is 1. The van der Waals surface area contributed by atoms with E-state index in [1.54, 1.807) is 6.08 Å². The molecule has 0 N–H and O–H groups in total. The fourth-order valence-electron chi connectivity index (χ4n) is 3.26. The maximum Gasteiger partial charge on any atom is 0.246 e. The lowest BCUT2D eigenvalue weighted by Gasteiger charge is -2.30. The summed E-state index contributed by atoms with van der Waals surface area (Å²) in [4.78, 5) is 26.8. The maximum atomic E-state index is 12.5. The topological polar surface area (TPSA) is 37.4 Å². The number of amides is 1. The van der Waals surface area contributed by atoms with Gasteiger partial charge in [0.05, 0.1) is 0 Å². The summed E-state index contributed by atoms with van der Waals surface area (Å²) in [5, 5.41) is 0. The normalized spacial score (nSPS) is 15.4. The number of benzene rings is 2. The van der Waals surface area contributed by atoms with Crippen molar-refractivity contribution in [2.24, 2.45) is 5.92 Å². The lowest BCUT2D eigenvalue weighted by molar-refractivity contribution is -0.127. The van der Waals surface area contributed by atoms with Gasteiger partial charge in [-0.3, -0.25) is 9.59 Å². The number of rotatable bonds is 4. The Bertz CT molecular complexity index is 821. The molecule has 134 valence electrons. The van der Waals surface area contributed by atoms with Crippen LogP contribution < -0.4 is 0 Å². The lowest BCUT2D eigenvalue weighted by Crippen LogP contribution is -2.39. The van der Waals surface area contributed by atoms with E-state index in [4.69, 9.17) is 0 Å². The minimum absolute atomic E-state index is 0.00925. The van der Waals surface area contributed by atoms with Gasteiger partial charge in [0.2, 0.25) is 5.91 Å². The average molecular weight is 412 g/mol. The highest BCUT2D eigenvalue weighted by atomic mass is 79.9. The largest absolute Gasteiger partial charge is 0.339 e. The first-order valence-corrected chi connectivity index (χ1v) is 9.66. The quantitative estimate of drug-likeness (QED) is 0.530. The Kier molecular flexibility index (Phi) is 6.04. The summed E-state index contributed by atoms with van der Waals surface area (Å²) in [7, 11) is 0. The van der Waals surface area contributed by atoms with Crippen molar-refractivity contribution in [3.63, 3.8) is 0 Å².